The molecule has 152 valence electrons. The first-order valence-electron chi connectivity index (χ1n) is 11.6. The SMILES string of the molecule is C[C@H]1CCCN1CCc1ccc(C2=CC[C@@H]3CN(Cc4ccccc4)C[C@H]23)cc1. The van der Waals surface area contributed by atoms with E-state index in [4.69, 9.17) is 0 Å². The number of fused-ring (bicyclic) bond motifs is 1. The van der Waals surface area contributed by atoms with Gasteiger partial charge in [0.25, 0.3) is 0 Å². The van der Waals surface area contributed by atoms with Crippen LogP contribution in [0, 0.1) is 11.8 Å². The summed E-state index contributed by atoms with van der Waals surface area (Å²) in [4.78, 5) is 5.31. The molecular weight excluding hydrogens is 352 g/mol. The molecule has 2 aromatic rings. The van der Waals surface area contributed by atoms with Crippen molar-refractivity contribution in [2.45, 2.75) is 45.2 Å². The molecule has 2 nitrogen and oxygen atoms in total. The minimum atomic E-state index is 0.718. The second kappa shape index (κ2) is 8.45. The van der Waals surface area contributed by atoms with Crippen molar-refractivity contribution in [2.75, 3.05) is 26.2 Å². The summed E-state index contributed by atoms with van der Waals surface area (Å²) in [7, 11) is 0. The molecule has 5 rings (SSSR count). The summed E-state index contributed by atoms with van der Waals surface area (Å²) in [5, 5.41) is 0. The van der Waals surface area contributed by atoms with Crippen LogP contribution in [0.4, 0.5) is 0 Å². The summed E-state index contributed by atoms with van der Waals surface area (Å²) in [6, 6.07) is 21.2. The van der Waals surface area contributed by atoms with Crippen LogP contribution in [0.1, 0.15) is 42.9 Å². The van der Waals surface area contributed by atoms with Gasteiger partial charge in [-0.3, -0.25) is 4.90 Å². The Bertz CT molecular complexity index is 839. The van der Waals surface area contributed by atoms with Gasteiger partial charge in [-0.2, -0.15) is 0 Å². The van der Waals surface area contributed by atoms with Gasteiger partial charge in [0.2, 0.25) is 0 Å². The van der Waals surface area contributed by atoms with Gasteiger partial charge in [-0.05, 0) is 67.3 Å². The van der Waals surface area contributed by atoms with Gasteiger partial charge in [-0.25, -0.2) is 0 Å². The number of hydrogen-bond donors (Lipinski definition) is 0. The van der Waals surface area contributed by atoms with Crippen molar-refractivity contribution in [1.82, 2.24) is 9.80 Å². The number of rotatable bonds is 6. The number of likely N-dealkylation sites (tertiary alicyclic amines) is 2. The first-order chi connectivity index (χ1) is 14.3. The molecule has 2 saturated heterocycles. The van der Waals surface area contributed by atoms with E-state index in [2.05, 4.69) is 77.4 Å². The number of hydrogen-bond acceptors (Lipinski definition) is 2. The molecule has 2 heterocycles. The Morgan fingerprint density at radius 1 is 0.931 bits per heavy atom. The monoisotopic (exact) mass is 386 g/mol. The van der Waals surface area contributed by atoms with E-state index in [9.17, 15) is 0 Å². The number of benzene rings is 2. The van der Waals surface area contributed by atoms with E-state index in [0.29, 0.717) is 0 Å². The molecule has 2 aliphatic heterocycles. The van der Waals surface area contributed by atoms with Gasteiger partial charge in [0.1, 0.15) is 0 Å². The smallest absolute Gasteiger partial charge is 0.0234 e. The van der Waals surface area contributed by atoms with Crippen molar-refractivity contribution in [3.8, 4) is 0 Å². The summed E-state index contributed by atoms with van der Waals surface area (Å²) >= 11 is 0. The summed E-state index contributed by atoms with van der Waals surface area (Å²) in [5.41, 5.74) is 5.98. The lowest BCUT2D eigenvalue weighted by atomic mass is 9.90. The maximum absolute atomic E-state index is 2.66. The highest BCUT2D eigenvalue weighted by Gasteiger charge is 2.38. The van der Waals surface area contributed by atoms with Crippen LogP contribution in [-0.2, 0) is 13.0 Å². The van der Waals surface area contributed by atoms with Gasteiger partial charge in [-0.15, -0.1) is 0 Å². The quantitative estimate of drug-likeness (QED) is 0.669. The van der Waals surface area contributed by atoms with Crippen molar-refractivity contribution in [3.05, 3.63) is 77.4 Å². The molecule has 0 N–H and O–H groups in total. The first-order valence-corrected chi connectivity index (χ1v) is 11.6. The topological polar surface area (TPSA) is 6.48 Å². The molecule has 2 aromatic carbocycles. The molecule has 0 amide bonds. The van der Waals surface area contributed by atoms with E-state index in [1.165, 1.54) is 68.6 Å². The van der Waals surface area contributed by atoms with Crippen LogP contribution in [-0.4, -0.2) is 42.0 Å². The van der Waals surface area contributed by atoms with Gasteiger partial charge in [0.15, 0.2) is 0 Å². The number of allylic oxidation sites excluding steroid dienone is 1. The van der Waals surface area contributed by atoms with Crippen LogP contribution in [0.2, 0.25) is 0 Å². The highest BCUT2D eigenvalue weighted by Crippen LogP contribution is 2.43. The second-order valence-corrected chi connectivity index (χ2v) is 9.42. The van der Waals surface area contributed by atoms with Gasteiger partial charge in [0.05, 0.1) is 0 Å². The van der Waals surface area contributed by atoms with Gasteiger partial charge < -0.3 is 4.90 Å². The molecule has 0 aromatic heterocycles. The Morgan fingerprint density at radius 2 is 1.76 bits per heavy atom. The first kappa shape index (κ1) is 19.1. The van der Waals surface area contributed by atoms with Crippen molar-refractivity contribution < 1.29 is 0 Å². The van der Waals surface area contributed by atoms with Gasteiger partial charge in [-0.1, -0.05) is 60.7 Å². The van der Waals surface area contributed by atoms with Crippen molar-refractivity contribution >= 4 is 5.57 Å². The zero-order valence-corrected chi connectivity index (χ0v) is 17.8. The van der Waals surface area contributed by atoms with E-state index in [0.717, 1.165) is 24.4 Å². The molecule has 0 saturated carbocycles. The second-order valence-electron chi connectivity index (χ2n) is 9.42. The standard InChI is InChI=1S/C27H34N2/c1-21-6-5-16-29(21)17-15-22-9-11-24(12-10-22)26-14-13-25-19-28(20-27(25)26)18-23-7-3-2-4-8-23/h2-4,7-12,14,21,25,27H,5-6,13,15-20H2,1H3/t21-,25+,27-/m0/s1. The Labute approximate surface area is 176 Å². The highest BCUT2D eigenvalue weighted by atomic mass is 15.2. The Balaban J connectivity index is 1.19. The van der Waals surface area contributed by atoms with Crippen molar-refractivity contribution in [1.29, 1.82) is 0 Å². The van der Waals surface area contributed by atoms with Crippen LogP contribution < -0.4 is 0 Å². The van der Waals surface area contributed by atoms with Crippen LogP contribution in [0.3, 0.4) is 0 Å². The zero-order chi connectivity index (χ0) is 19.6. The molecule has 1 aliphatic carbocycles. The summed E-state index contributed by atoms with van der Waals surface area (Å²) in [5.74, 6) is 1.53. The lowest BCUT2D eigenvalue weighted by Crippen LogP contribution is -2.28. The minimum Gasteiger partial charge on any atom is -0.300 e. The Hall–Kier alpha value is -1.90. The maximum Gasteiger partial charge on any atom is 0.0234 e. The molecule has 2 heteroatoms. The predicted molar refractivity (Wildman–Crippen MR) is 122 cm³/mol. The number of nitrogens with zero attached hydrogens (tertiary/aromatic N) is 2. The fraction of sp³-hybridized carbons (Fsp3) is 0.481. The zero-order valence-electron chi connectivity index (χ0n) is 17.8. The van der Waals surface area contributed by atoms with Gasteiger partial charge in [0, 0.05) is 38.1 Å². The van der Waals surface area contributed by atoms with E-state index in [1.54, 1.807) is 5.57 Å². The molecule has 0 spiro atoms. The molecule has 3 aliphatic rings. The summed E-state index contributed by atoms with van der Waals surface area (Å²) in [6.45, 7) is 8.42. The van der Waals surface area contributed by atoms with Gasteiger partial charge >= 0.3 is 0 Å². The lowest BCUT2D eigenvalue weighted by Gasteiger charge is -2.21. The molecule has 2 fully saturated rings. The van der Waals surface area contributed by atoms with E-state index in [-0.39, 0.29) is 0 Å². The largest absolute Gasteiger partial charge is 0.300 e. The van der Waals surface area contributed by atoms with Crippen LogP contribution in [0.25, 0.3) is 5.57 Å². The van der Waals surface area contributed by atoms with E-state index < -0.39 is 0 Å². The maximum atomic E-state index is 2.66. The Kier molecular flexibility index (Phi) is 5.56. The van der Waals surface area contributed by atoms with Crippen LogP contribution in [0.5, 0.6) is 0 Å². The summed E-state index contributed by atoms with van der Waals surface area (Å²) < 4.78 is 0. The fourth-order valence-corrected chi connectivity index (χ4v) is 5.75. The average molecular weight is 387 g/mol. The third kappa shape index (κ3) is 4.20. The van der Waals surface area contributed by atoms with E-state index >= 15 is 0 Å². The minimum absolute atomic E-state index is 0.718. The molecule has 0 unspecified atom stereocenters. The molecule has 3 atom stereocenters. The Morgan fingerprint density at radius 3 is 2.52 bits per heavy atom. The third-order valence-corrected chi connectivity index (χ3v) is 7.47. The van der Waals surface area contributed by atoms with Crippen molar-refractivity contribution in [2.24, 2.45) is 11.8 Å². The molecule has 0 radical (unpaired) electrons. The molecular formula is C27H34N2. The fourth-order valence-electron chi connectivity index (χ4n) is 5.75. The lowest BCUT2D eigenvalue weighted by molar-refractivity contribution is 0.272. The van der Waals surface area contributed by atoms with E-state index in [1.807, 2.05) is 0 Å². The molecule has 29 heavy (non-hydrogen) atoms. The predicted octanol–water partition coefficient (Wildman–Crippen LogP) is 5.25. The normalized spacial score (nSPS) is 27.3. The van der Waals surface area contributed by atoms with Crippen molar-refractivity contribution in [3.63, 3.8) is 0 Å². The average Bonchev–Trinajstić information content (AvgIpc) is 3.44. The highest BCUT2D eigenvalue weighted by molar-refractivity contribution is 5.70. The summed E-state index contributed by atoms with van der Waals surface area (Å²) in [6.07, 6.45) is 7.70. The van der Waals surface area contributed by atoms with Crippen LogP contribution in [0.15, 0.2) is 60.7 Å². The molecule has 0 bridgehead atoms. The van der Waals surface area contributed by atoms with Crippen LogP contribution >= 0.6 is 0 Å². The third-order valence-electron chi connectivity index (χ3n) is 7.47.